The lowest BCUT2D eigenvalue weighted by atomic mass is 9.98. The molecule has 102 valence electrons. The molecule has 2 N–H and O–H groups in total. The van der Waals surface area contributed by atoms with E-state index in [1.54, 1.807) is 0 Å². The molecule has 1 atom stereocenters. The Balaban J connectivity index is 0.00000162. The van der Waals surface area contributed by atoms with Crippen LogP contribution in [0.4, 0.5) is 8.78 Å². The van der Waals surface area contributed by atoms with Gasteiger partial charge in [0.2, 0.25) is 0 Å². The fourth-order valence-electron chi connectivity index (χ4n) is 2.39. The van der Waals surface area contributed by atoms with Gasteiger partial charge in [-0.25, -0.2) is 8.78 Å². The number of nitrogens with zero attached hydrogens (tertiary/aromatic N) is 1. The van der Waals surface area contributed by atoms with Crippen LogP contribution in [0.5, 0.6) is 0 Å². The first-order valence-corrected chi connectivity index (χ1v) is 6.05. The Bertz CT molecular complexity index is 387. The topological polar surface area (TPSA) is 29.3 Å². The summed E-state index contributed by atoms with van der Waals surface area (Å²) in [5.41, 5.74) is 6.09. The molecule has 1 unspecified atom stereocenters. The van der Waals surface area contributed by atoms with E-state index in [2.05, 4.69) is 4.90 Å². The maximum Gasteiger partial charge on any atom is 0.127 e. The molecule has 0 aromatic heterocycles. The Kier molecular flexibility index (Phi) is 5.99. The van der Waals surface area contributed by atoms with Crippen LogP contribution in [0.2, 0.25) is 0 Å². The Morgan fingerprint density at radius 2 is 2.11 bits per heavy atom. The molecule has 0 saturated carbocycles. The van der Waals surface area contributed by atoms with Crippen LogP contribution >= 0.6 is 12.4 Å². The average Bonchev–Trinajstić information content (AvgIpc) is 2.34. The maximum absolute atomic E-state index is 13.5. The smallest absolute Gasteiger partial charge is 0.127 e. The SMILES string of the molecule is Cl.NCC1CCCN(Cc2cc(F)ccc2F)C1. The molecule has 1 aliphatic rings. The fourth-order valence-corrected chi connectivity index (χ4v) is 2.39. The van der Waals surface area contributed by atoms with Crippen molar-refractivity contribution in [3.05, 3.63) is 35.4 Å². The predicted octanol–water partition coefficient (Wildman–Crippen LogP) is 2.56. The van der Waals surface area contributed by atoms with Crippen molar-refractivity contribution >= 4 is 12.4 Å². The average molecular weight is 277 g/mol. The van der Waals surface area contributed by atoms with Crippen molar-refractivity contribution in [1.82, 2.24) is 4.90 Å². The van der Waals surface area contributed by atoms with Crippen LogP contribution in [0.3, 0.4) is 0 Å². The fraction of sp³-hybridized carbons (Fsp3) is 0.538. The van der Waals surface area contributed by atoms with Gasteiger partial charge in [0.15, 0.2) is 0 Å². The second kappa shape index (κ2) is 7.02. The Morgan fingerprint density at radius 1 is 1.33 bits per heavy atom. The third-order valence-electron chi connectivity index (χ3n) is 3.34. The summed E-state index contributed by atoms with van der Waals surface area (Å²) >= 11 is 0. The summed E-state index contributed by atoms with van der Waals surface area (Å²) < 4.78 is 26.5. The molecule has 5 heteroatoms. The van der Waals surface area contributed by atoms with Gasteiger partial charge in [-0.15, -0.1) is 12.4 Å². The molecule has 0 bridgehead atoms. The third kappa shape index (κ3) is 3.90. The van der Waals surface area contributed by atoms with Crippen molar-refractivity contribution in [2.75, 3.05) is 19.6 Å². The van der Waals surface area contributed by atoms with Crippen LogP contribution in [0, 0.1) is 17.6 Å². The zero-order valence-corrected chi connectivity index (χ0v) is 11.1. The lowest BCUT2D eigenvalue weighted by Gasteiger charge is -2.32. The van der Waals surface area contributed by atoms with Crippen molar-refractivity contribution in [3.8, 4) is 0 Å². The van der Waals surface area contributed by atoms with Gasteiger partial charge in [-0.2, -0.15) is 0 Å². The number of nitrogens with two attached hydrogens (primary N) is 1. The molecule has 0 aliphatic carbocycles. The van der Waals surface area contributed by atoms with E-state index in [1.807, 2.05) is 0 Å². The highest BCUT2D eigenvalue weighted by Gasteiger charge is 2.19. The first-order chi connectivity index (χ1) is 8.19. The molecule has 1 aliphatic heterocycles. The monoisotopic (exact) mass is 276 g/mol. The van der Waals surface area contributed by atoms with Crippen LogP contribution in [0.1, 0.15) is 18.4 Å². The van der Waals surface area contributed by atoms with Gasteiger partial charge in [0, 0.05) is 18.7 Å². The minimum absolute atomic E-state index is 0. The van der Waals surface area contributed by atoms with Crippen molar-refractivity contribution in [2.45, 2.75) is 19.4 Å². The molecule has 0 radical (unpaired) electrons. The summed E-state index contributed by atoms with van der Waals surface area (Å²) in [6.45, 7) is 2.96. The first-order valence-electron chi connectivity index (χ1n) is 6.05. The molecule has 2 rings (SSSR count). The van der Waals surface area contributed by atoms with Gasteiger partial charge in [-0.1, -0.05) is 0 Å². The largest absolute Gasteiger partial charge is 0.330 e. The van der Waals surface area contributed by atoms with Crippen LogP contribution in [-0.2, 0) is 6.54 Å². The first kappa shape index (κ1) is 15.3. The molecule has 2 nitrogen and oxygen atoms in total. The molecule has 18 heavy (non-hydrogen) atoms. The zero-order valence-electron chi connectivity index (χ0n) is 10.2. The number of piperidine rings is 1. The van der Waals surface area contributed by atoms with Gasteiger partial charge in [-0.3, -0.25) is 4.90 Å². The minimum atomic E-state index is -0.381. The quantitative estimate of drug-likeness (QED) is 0.919. The predicted molar refractivity (Wildman–Crippen MR) is 70.7 cm³/mol. The third-order valence-corrected chi connectivity index (χ3v) is 3.34. The van der Waals surface area contributed by atoms with E-state index >= 15 is 0 Å². The summed E-state index contributed by atoms with van der Waals surface area (Å²) in [5, 5.41) is 0. The number of rotatable bonds is 3. The second-order valence-corrected chi connectivity index (χ2v) is 4.71. The molecular weight excluding hydrogens is 258 g/mol. The van der Waals surface area contributed by atoms with Gasteiger partial charge in [-0.05, 0) is 50.0 Å². The number of benzene rings is 1. The zero-order chi connectivity index (χ0) is 12.3. The maximum atomic E-state index is 13.5. The summed E-state index contributed by atoms with van der Waals surface area (Å²) in [5.74, 6) is -0.226. The van der Waals surface area contributed by atoms with Gasteiger partial charge >= 0.3 is 0 Å². The van der Waals surface area contributed by atoms with E-state index < -0.39 is 0 Å². The number of hydrogen-bond acceptors (Lipinski definition) is 2. The van der Waals surface area contributed by atoms with Crippen LogP contribution in [-0.4, -0.2) is 24.5 Å². The normalized spacial score (nSPS) is 20.5. The van der Waals surface area contributed by atoms with Gasteiger partial charge in [0.1, 0.15) is 11.6 Å². The Morgan fingerprint density at radius 3 is 2.83 bits per heavy atom. The summed E-state index contributed by atoms with van der Waals surface area (Å²) in [6, 6.07) is 3.62. The van der Waals surface area contributed by atoms with Crippen LogP contribution < -0.4 is 5.73 Å². The molecule has 1 heterocycles. The van der Waals surface area contributed by atoms with E-state index in [1.165, 1.54) is 12.1 Å². The standard InChI is InChI=1S/C13H18F2N2.ClH/c14-12-3-4-13(15)11(6-12)9-17-5-1-2-10(7-16)8-17;/h3-4,6,10H,1-2,5,7-9,16H2;1H. The molecule has 1 aromatic rings. The van der Waals surface area contributed by atoms with E-state index in [0.717, 1.165) is 32.0 Å². The van der Waals surface area contributed by atoms with E-state index in [9.17, 15) is 8.78 Å². The molecule has 0 amide bonds. The molecule has 1 aromatic carbocycles. The molecule has 1 saturated heterocycles. The second-order valence-electron chi connectivity index (χ2n) is 4.71. The molecular formula is C13H19ClF2N2. The van der Waals surface area contributed by atoms with Crippen LogP contribution in [0.15, 0.2) is 18.2 Å². The number of halogens is 3. The van der Waals surface area contributed by atoms with Crippen molar-refractivity contribution in [1.29, 1.82) is 0 Å². The summed E-state index contributed by atoms with van der Waals surface area (Å²) in [6.07, 6.45) is 2.22. The molecule has 1 fully saturated rings. The van der Waals surface area contributed by atoms with Gasteiger partial charge in [0.05, 0.1) is 0 Å². The highest BCUT2D eigenvalue weighted by atomic mass is 35.5. The lowest BCUT2D eigenvalue weighted by Crippen LogP contribution is -2.38. The Hall–Kier alpha value is -0.710. The van der Waals surface area contributed by atoms with Gasteiger partial charge in [0.25, 0.3) is 0 Å². The van der Waals surface area contributed by atoms with Crippen molar-refractivity contribution in [3.63, 3.8) is 0 Å². The van der Waals surface area contributed by atoms with Gasteiger partial charge < -0.3 is 5.73 Å². The van der Waals surface area contributed by atoms with E-state index in [4.69, 9.17) is 5.73 Å². The van der Waals surface area contributed by atoms with Crippen LogP contribution in [0.25, 0.3) is 0 Å². The van der Waals surface area contributed by atoms with Crippen molar-refractivity contribution in [2.24, 2.45) is 11.7 Å². The number of hydrogen-bond donors (Lipinski definition) is 1. The highest BCUT2D eigenvalue weighted by molar-refractivity contribution is 5.85. The minimum Gasteiger partial charge on any atom is -0.330 e. The summed E-state index contributed by atoms with van der Waals surface area (Å²) in [7, 11) is 0. The van der Waals surface area contributed by atoms with E-state index in [-0.39, 0.29) is 24.0 Å². The Labute approximate surface area is 113 Å². The summed E-state index contributed by atoms with van der Waals surface area (Å²) in [4.78, 5) is 2.15. The van der Waals surface area contributed by atoms with Crippen molar-refractivity contribution < 1.29 is 8.78 Å². The van der Waals surface area contributed by atoms with E-state index in [0.29, 0.717) is 24.6 Å². The number of likely N-dealkylation sites (tertiary alicyclic amines) is 1. The lowest BCUT2D eigenvalue weighted by molar-refractivity contribution is 0.169. The highest BCUT2D eigenvalue weighted by Crippen LogP contribution is 2.19. The molecule has 0 spiro atoms.